The smallest absolute Gasteiger partial charge is 0.273 e. The minimum absolute atomic E-state index is 0.138. The second kappa shape index (κ2) is 12.0. The summed E-state index contributed by atoms with van der Waals surface area (Å²) in [6.45, 7) is 2.85. The van der Waals surface area contributed by atoms with E-state index in [2.05, 4.69) is 49.7 Å². The average Bonchev–Trinajstić information content (AvgIpc) is 3.75. The first-order valence-electron chi connectivity index (χ1n) is 12.9. The number of para-hydroxylation sites is 1. The highest BCUT2D eigenvalue weighted by Crippen LogP contribution is 2.31. The lowest BCUT2D eigenvalue weighted by molar-refractivity contribution is 0.0904. The molecule has 0 unspecified atom stereocenters. The van der Waals surface area contributed by atoms with E-state index < -0.39 is 0 Å². The van der Waals surface area contributed by atoms with Crippen molar-refractivity contribution in [3.05, 3.63) is 102 Å². The molecular formula is C29H28N6O2S2. The fraction of sp³-hybridized carbons (Fsp3) is 0.241. The Morgan fingerprint density at radius 1 is 1.00 bits per heavy atom. The van der Waals surface area contributed by atoms with E-state index in [4.69, 9.17) is 4.42 Å². The molecule has 0 spiro atoms. The zero-order valence-corrected chi connectivity index (χ0v) is 22.9. The number of aromatic nitrogens is 4. The van der Waals surface area contributed by atoms with Crippen LogP contribution in [0.15, 0.2) is 94.0 Å². The Bertz CT molecular complexity index is 1490. The second-order valence-electron chi connectivity index (χ2n) is 9.38. The summed E-state index contributed by atoms with van der Waals surface area (Å²) in [7, 11) is 0. The molecule has 0 saturated carbocycles. The minimum Gasteiger partial charge on any atom is -0.447 e. The predicted molar refractivity (Wildman–Crippen MR) is 153 cm³/mol. The van der Waals surface area contributed by atoms with Crippen LogP contribution in [-0.2, 0) is 12.3 Å². The van der Waals surface area contributed by atoms with Crippen LogP contribution in [0.1, 0.15) is 34.8 Å². The fourth-order valence-corrected chi connectivity index (χ4v) is 6.19. The van der Waals surface area contributed by atoms with Gasteiger partial charge in [-0.25, -0.2) is 4.98 Å². The van der Waals surface area contributed by atoms with Crippen molar-refractivity contribution in [2.24, 2.45) is 0 Å². The lowest BCUT2D eigenvalue weighted by Crippen LogP contribution is -2.44. The van der Waals surface area contributed by atoms with Crippen molar-refractivity contribution in [3.8, 4) is 16.4 Å². The Kier molecular flexibility index (Phi) is 7.85. The topological polar surface area (TPSA) is 89.1 Å². The number of nitrogens with zero attached hydrogens (tertiary/aromatic N) is 5. The van der Waals surface area contributed by atoms with Crippen LogP contribution in [0.5, 0.6) is 0 Å². The molecule has 2 aromatic carbocycles. The summed E-state index contributed by atoms with van der Waals surface area (Å²) in [4.78, 5) is 20.8. The van der Waals surface area contributed by atoms with E-state index in [-0.39, 0.29) is 11.9 Å². The number of rotatable bonds is 9. The highest BCUT2D eigenvalue weighted by Gasteiger charge is 2.23. The number of piperidine rings is 1. The van der Waals surface area contributed by atoms with Gasteiger partial charge in [0.15, 0.2) is 16.7 Å². The summed E-state index contributed by atoms with van der Waals surface area (Å²) < 4.78 is 7.69. The van der Waals surface area contributed by atoms with Crippen molar-refractivity contribution < 1.29 is 9.21 Å². The van der Waals surface area contributed by atoms with E-state index >= 15 is 0 Å². The molecule has 0 bridgehead atoms. The van der Waals surface area contributed by atoms with E-state index in [0.717, 1.165) is 54.0 Å². The normalized spacial score (nSPS) is 14.5. The number of amides is 1. The molecular weight excluding hydrogens is 528 g/mol. The van der Waals surface area contributed by atoms with Gasteiger partial charge in [-0.3, -0.25) is 14.3 Å². The third kappa shape index (κ3) is 6.13. The highest BCUT2D eigenvalue weighted by atomic mass is 32.2. The maximum Gasteiger partial charge on any atom is 0.273 e. The van der Waals surface area contributed by atoms with Crippen LogP contribution in [0.3, 0.4) is 0 Å². The van der Waals surface area contributed by atoms with Gasteiger partial charge in [-0.1, -0.05) is 66.4 Å². The van der Waals surface area contributed by atoms with Gasteiger partial charge in [0.1, 0.15) is 6.26 Å². The highest BCUT2D eigenvalue weighted by molar-refractivity contribution is 7.98. The van der Waals surface area contributed by atoms with Gasteiger partial charge in [0.2, 0.25) is 5.89 Å². The first-order valence-corrected chi connectivity index (χ1v) is 14.8. The number of carbonyl (C=O) groups is 1. The SMILES string of the molecule is O=C(NC1CCN(Cc2ccccc2)CC1)c1coc(CSc2nnc(-c3cccs3)n2-c2ccccc2)n1. The lowest BCUT2D eigenvalue weighted by atomic mass is 10.0. The van der Waals surface area contributed by atoms with Crippen molar-refractivity contribution in [2.75, 3.05) is 13.1 Å². The Balaban J connectivity index is 1.05. The number of oxazole rings is 1. The third-order valence-electron chi connectivity index (χ3n) is 6.67. The maximum absolute atomic E-state index is 12.9. The Morgan fingerprint density at radius 3 is 2.51 bits per heavy atom. The molecule has 4 heterocycles. The number of thiophene rings is 1. The molecule has 1 amide bonds. The Morgan fingerprint density at radius 2 is 1.77 bits per heavy atom. The van der Waals surface area contributed by atoms with E-state index in [9.17, 15) is 4.79 Å². The van der Waals surface area contributed by atoms with Gasteiger partial charge in [-0.2, -0.15) is 0 Å². The zero-order valence-electron chi connectivity index (χ0n) is 21.3. The number of thioether (sulfide) groups is 1. The number of hydrogen-bond donors (Lipinski definition) is 1. The number of likely N-dealkylation sites (tertiary alicyclic amines) is 1. The first-order chi connectivity index (χ1) is 19.2. The summed E-state index contributed by atoms with van der Waals surface area (Å²) in [6.07, 6.45) is 3.27. The van der Waals surface area contributed by atoms with Gasteiger partial charge >= 0.3 is 0 Å². The molecule has 10 heteroatoms. The minimum atomic E-state index is -0.191. The first kappa shape index (κ1) is 25.5. The maximum atomic E-state index is 12.9. The van der Waals surface area contributed by atoms with Crippen LogP contribution in [0.25, 0.3) is 16.4 Å². The van der Waals surface area contributed by atoms with Crippen molar-refractivity contribution >= 4 is 29.0 Å². The summed E-state index contributed by atoms with van der Waals surface area (Å²) in [5.74, 6) is 1.51. The van der Waals surface area contributed by atoms with Gasteiger partial charge in [-0.05, 0) is 42.0 Å². The van der Waals surface area contributed by atoms with Crippen LogP contribution in [0, 0.1) is 0 Å². The standard InChI is InChI=1S/C29H28N6O2S2/c36-28(30-22-13-15-34(16-14-22)18-21-8-3-1-4-9-21)24-19-37-26(31-24)20-39-29-33-32-27(25-12-7-17-38-25)35(29)23-10-5-2-6-11-23/h1-12,17,19,22H,13-16,18,20H2,(H,30,36). The van der Waals surface area contributed by atoms with Crippen molar-refractivity contribution in [1.29, 1.82) is 0 Å². The molecule has 0 atom stereocenters. The molecule has 6 rings (SSSR count). The number of benzene rings is 2. The van der Waals surface area contributed by atoms with Gasteiger partial charge in [0.25, 0.3) is 5.91 Å². The quantitative estimate of drug-likeness (QED) is 0.234. The van der Waals surface area contributed by atoms with Gasteiger partial charge in [0, 0.05) is 31.4 Å². The summed E-state index contributed by atoms with van der Waals surface area (Å²) in [5, 5.41) is 14.8. The molecule has 0 radical (unpaired) electrons. The fourth-order valence-electron chi connectivity index (χ4n) is 4.68. The van der Waals surface area contributed by atoms with Crippen molar-refractivity contribution in [2.45, 2.75) is 36.3 Å². The lowest BCUT2D eigenvalue weighted by Gasteiger charge is -2.32. The molecule has 1 N–H and O–H groups in total. The largest absolute Gasteiger partial charge is 0.447 e. The Hall–Kier alpha value is -3.73. The number of carbonyl (C=O) groups excluding carboxylic acids is 1. The summed E-state index contributed by atoms with van der Waals surface area (Å²) in [5.41, 5.74) is 2.61. The van der Waals surface area contributed by atoms with Gasteiger partial charge < -0.3 is 9.73 Å². The van der Waals surface area contributed by atoms with Gasteiger partial charge in [0.05, 0.1) is 10.6 Å². The Labute approximate surface area is 235 Å². The molecule has 1 saturated heterocycles. The summed E-state index contributed by atoms with van der Waals surface area (Å²) >= 11 is 3.10. The van der Waals surface area contributed by atoms with Crippen molar-refractivity contribution in [3.63, 3.8) is 0 Å². The van der Waals surface area contributed by atoms with Crippen LogP contribution < -0.4 is 5.32 Å². The second-order valence-corrected chi connectivity index (χ2v) is 11.3. The van der Waals surface area contributed by atoms with Crippen LogP contribution >= 0.6 is 23.1 Å². The molecule has 1 fully saturated rings. The van der Waals surface area contributed by atoms with Gasteiger partial charge in [-0.15, -0.1) is 21.5 Å². The molecule has 1 aliphatic heterocycles. The zero-order chi connectivity index (χ0) is 26.4. The van der Waals surface area contributed by atoms with E-state index in [1.54, 1.807) is 11.3 Å². The molecule has 1 aliphatic rings. The van der Waals surface area contributed by atoms with E-state index in [1.807, 2.05) is 58.5 Å². The molecule has 5 aromatic rings. The molecule has 39 heavy (non-hydrogen) atoms. The van der Waals surface area contributed by atoms with Crippen LogP contribution in [0.4, 0.5) is 0 Å². The average molecular weight is 557 g/mol. The van der Waals surface area contributed by atoms with E-state index in [0.29, 0.717) is 17.3 Å². The van der Waals surface area contributed by atoms with E-state index in [1.165, 1.54) is 23.6 Å². The molecule has 3 aromatic heterocycles. The molecule has 198 valence electrons. The summed E-state index contributed by atoms with van der Waals surface area (Å²) in [6, 6.07) is 24.7. The predicted octanol–water partition coefficient (Wildman–Crippen LogP) is 5.67. The third-order valence-corrected chi connectivity index (χ3v) is 8.45. The number of hydrogen-bond acceptors (Lipinski definition) is 8. The monoisotopic (exact) mass is 556 g/mol. The van der Waals surface area contributed by atoms with Crippen molar-refractivity contribution in [1.82, 2.24) is 30.0 Å². The van der Waals surface area contributed by atoms with Crippen LogP contribution in [-0.4, -0.2) is 49.7 Å². The van der Waals surface area contributed by atoms with Crippen LogP contribution in [0.2, 0.25) is 0 Å². The number of nitrogens with one attached hydrogen (secondary N) is 1. The molecule has 8 nitrogen and oxygen atoms in total. The molecule has 0 aliphatic carbocycles.